The molecule has 0 radical (unpaired) electrons. The highest BCUT2D eigenvalue weighted by Gasteiger charge is 2.16. The van der Waals surface area contributed by atoms with Gasteiger partial charge in [-0.05, 0) is 36.2 Å². The van der Waals surface area contributed by atoms with Crippen LogP contribution in [0.5, 0.6) is 0 Å². The molecule has 0 aliphatic heterocycles. The number of carbonyl (C=O) groups is 1. The zero-order chi connectivity index (χ0) is 21.0. The van der Waals surface area contributed by atoms with Gasteiger partial charge in [-0.1, -0.05) is 30.1 Å². The predicted molar refractivity (Wildman–Crippen MR) is 117 cm³/mol. The SMILES string of the molecule is CCCC(=O)N(CCN(C)c1nc2[nH]c(=O)ccc2[nH]1)Cc1cc(Cl)cc(Cl)c1. The van der Waals surface area contributed by atoms with Gasteiger partial charge in [0.2, 0.25) is 17.4 Å². The largest absolute Gasteiger partial charge is 0.344 e. The van der Waals surface area contributed by atoms with E-state index in [1.165, 1.54) is 6.07 Å². The summed E-state index contributed by atoms with van der Waals surface area (Å²) in [6.45, 7) is 3.48. The minimum Gasteiger partial charge on any atom is -0.344 e. The van der Waals surface area contributed by atoms with Crippen LogP contribution in [0.1, 0.15) is 25.3 Å². The monoisotopic (exact) mass is 435 g/mol. The van der Waals surface area contributed by atoms with Gasteiger partial charge < -0.3 is 19.8 Å². The molecule has 0 unspecified atom stereocenters. The maximum Gasteiger partial charge on any atom is 0.249 e. The summed E-state index contributed by atoms with van der Waals surface area (Å²) in [5.41, 5.74) is 1.94. The van der Waals surface area contributed by atoms with E-state index in [4.69, 9.17) is 23.2 Å². The highest BCUT2D eigenvalue weighted by Crippen LogP contribution is 2.21. The Morgan fingerprint density at radius 3 is 2.52 bits per heavy atom. The lowest BCUT2D eigenvalue weighted by molar-refractivity contribution is -0.131. The number of likely N-dealkylation sites (N-methyl/N-ethyl adjacent to an activating group) is 1. The maximum absolute atomic E-state index is 12.6. The van der Waals surface area contributed by atoms with Gasteiger partial charge in [0.05, 0.1) is 5.52 Å². The first-order chi connectivity index (χ1) is 13.9. The van der Waals surface area contributed by atoms with Crippen LogP contribution in [-0.2, 0) is 11.3 Å². The molecule has 7 nitrogen and oxygen atoms in total. The van der Waals surface area contributed by atoms with Crippen molar-refractivity contribution in [2.75, 3.05) is 25.0 Å². The second-order valence-electron chi connectivity index (χ2n) is 6.91. The number of halogens is 2. The number of pyridine rings is 1. The summed E-state index contributed by atoms with van der Waals surface area (Å²) in [6.07, 6.45) is 1.25. The van der Waals surface area contributed by atoms with Crippen LogP contribution in [0.25, 0.3) is 11.2 Å². The van der Waals surface area contributed by atoms with Crippen LogP contribution in [0.15, 0.2) is 35.1 Å². The van der Waals surface area contributed by atoms with E-state index < -0.39 is 0 Å². The average molecular weight is 436 g/mol. The molecule has 0 saturated heterocycles. The number of hydrogen-bond donors (Lipinski definition) is 2. The Balaban J connectivity index is 1.72. The van der Waals surface area contributed by atoms with E-state index in [2.05, 4.69) is 15.0 Å². The standard InChI is InChI=1S/C20H23Cl2N5O2/c1-3-4-18(29)27(12-13-9-14(21)11-15(22)10-13)8-7-26(2)20-23-16-5-6-17(28)24-19(16)25-20/h5-6,9-11H,3-4,7-8,12H2,1-2H3,(H2,23,24,25,28). The Kier molecular flexibility index (Phi) is 6.82. The van der Waals surface area contributed by atoms with Gasteiger partial charge in [0.15, 0.2) is 5.65 Å². The molecule has 2 heterocycles. The molecule has 1 amide bonds. The number of nitrogens with zero attached hydrogens (tertiary/aromatic N) is 3. The summed E-state index contributed by atoms with van der Waals surface area (Å²) in [5.74, 6) is 0.696. The van der Waals surface area contributed by atoms with Gasteiger partial charge >= 0.3 is 0 Å². The first-order valence-electron chi connectivity index (χ1n) is 9.38. The van der Waals surface area contributed by atoms with Gasteiger partial charge in [0.1, 0.15) is 0 Å². The van der Waals surface area contributed by atoms with Crippen molar-refractivity contribution in [2.45, 2.75) is 26.3 Å². The highest BCUT2D eigenvalue weighted by molar-refractivity contribution is 6.34. The summed E-state index contributed by atoms with van der Waals surface area (Å²) in [4.78, 5) is 38.1. The van der Waals surface area contributed by atoms with Crippen LogP contribution < -0.4 is 10.5 Å². The first kappa shape index (κ1) is 21.2. The number of carbonyl (C=O) groups excluding carboxylic acids is 1. The fourth-order valence-corrected chi connectivity index (χ4v) is 3.62. The number of imidazole rings is 1. The molecule has 1 aromatic carbocycles. The highest BCUT2D eigenvalue weighted by atomic mass is 35.5. The molecule has 0 bridgehead atoms. The smallest absolute Gasteiger partial charge is 0.249 e. The number of amides is 1. The second kappa shape index (κ2) is 9.33. The van der Waals surface area contributed by atoms with E-state index >= 15 is 0 Å². The number of hydrogen-bond acceptors (Lipinski definition) is 4. The van der Waals surface area contributed by atoms with Crippen LogP contribution in [0.4, 0.5) is 5.95 Å². The summed E-state index contributed by atoms with van der Waals surface area (Å²) >= 11 is 12.2. The minimum absolute atomic E-state index is 0.0749. The molecule has 3 aromatic rings. The predicted octanol–water partition coefficient (Wildman–Crippen LogP) is 3.82. The van der Waals surface area contributed by atoms with Crippen LogP contribution >= 0.6 is 23.2 Å². The van der Waals surface area contributed by atoms with Crippen molar-refractivity contribution < 1.29 is 4.79 Å². The lowest BCUT2D eigenvalue weighted by Crippen LogP contribution is -2.37. The van der Waals surface area contributed by atoms with E-state index in [0.29, 0.717) is 47.7 Å². The van der Waals surface area contributed by atoms with Crippen molar-refractivity contribution in [1.29, 1.82) is 0 Å². The molecule has 154 valence electrons. The van der Waals surface area contributed by atoms with Crippen molar-refractivity contribution in [1.82, 2.24) is 19.9 Å². The van der Waals surface area contributed by atoms with E-state index in [9.17, 15) is 9.59 Å². The average Bonchev–Trinajstić information content (AvgIpc) is 3.07. The number of fused-ring (bicyclic) bond motifs is 1. The van der Waals surface area contributed by atoms with Gasteiger partial charge in [-0.2, -0.15) is 4.98 Å². The molecule has 0 atom stereocenters. The zero-order valence-electron chi connectivity index (χ0n) is 16.3. The fraction of sp³-hybridized carbons (Fsp3) is 0.350. The van der Waals surface area contributed by atoms with Gasteiger partial charge in [0, 0.05) is 49.2 Å². The van der Waals surface area contributed by atoms with E-state index in [1.54, 1.807) is 17.0 Å². The quantitative estimate of drug-likeness (QED) is 0.562. The number of aromatic nitrogens is 3. The lowest BCUT2D eigenvalue weighted by atomic mass is 10.2. The lowest BCUT2D eigenvalue weighted by Gasteiger charge is -2.26. The number of aromatic amines is 2. The molecule has 0 fully saturated rings. The van der Waals surface area contributed by atoms with Gasteiger partial charge in [0.25, 0.3) is 0 Å². The Hall–Kier alpha value is -2.51. The molecule has 0 saturated carbocycles. The van der Waals surface area contributed by atoms with E-state index in [1.807, 2.05) is 31.0 Å². The van der Waals surface area contributed by atoms with Gasteiger partial charge in [-0.15, -0.1) is 0 Å². The Bertz CT molecular complexity index is 1040. The molecule has 0 spiro atoms. The third-order valence-electron chi connectivity index (χ3n) is 4.54. The Morgan fingerprint density at radius 2 is 1.83 bits per heavy atom. The van der Waals surface area contributed by atoms with Crippen LogP contribution in [-0.4, -0.2) is 45.9 Å². The van der Waals surface area contributed by atoms with Crippen LogP contribution in [0.3, 0.4) is 0 Å². The van der Waals surface area contributed by atoms with Gasteiger partial charge in [-0.25, -0.2) is 0 Å². The third kappa shape index (κ3) is 5.52. The van der Waals surface area contributed by atoms with E-state index in [0.717, 1.165) is 17.5 Å². The second-order valence-corrected chi connectivity index (χ2v) is 7.78. The summed E-state index contributed by atoms with van der Waals surface area (Å²) in [6, 6.07) is 8.45. The van der Waals surface area contributed by atoms with Crippen molar-refractivity contribution >= 4 is 46.2 Å². The van der Waals surface area contributed by atoms with Crippen LogP contribution in [0, 0.1) is 0 Å². The molecule has 9 heteroatoms. The summed E-state index contributed by atoms with van der Waals surface area (Å²) in [7, 11) is 1.88. The number of rotatable bonds is 8. The van der Waals surface area contributed by atoms with Crippen LogP contribution in [0.2, 0.25) is 10.0 Å². The molecule has 2 N–H and O–H groups in total. The summed E-state index contributed by atoms with van der Waals surface area (Å²) in [5, 5.41) is 1.09. The number of benzene rings is 1. The fourth-order valence-electron chi connectivity index (χ4n) is 3.05. The third-order valence-corrected chi connectivity index (χ3v) is 4.98. The van der Waals surface area contributed by atoms with E-state index in [-0.39, 0.29) is 11.5 Å². The van der Waals surface area contributed by atoms with Crippen molar-refractivity contribution in [3.8, 4) is 0 Å². The van der Waals surface area contributed by atoms with Crippen molar-refractivity contribution in [3.05, 3.63) is 56.3 Å². The topological polar surface area (TPSA) is 85.1 Å². The number of nitrogens with one attached hydrogen (secondary N) is 2. The molecule has 29 heavy (non-hydrogen) atoms. The summed E-state index contributed by atoms with van der Waals surface area (Å²) < 4.78 is 0. The first-order valence-corrected chi connectivity index (χ1v) is 10.1. The molecule has 2 aromatic heterocycles. The normalized spacial score (nSPS) is 11.0. The number of H-pyrrole nitrogens is 2. The molecular weight excluding hydrogens is 413 g/mol. The Morgan fingerprint density at radius 1 is 1.10 bits per heavy atom. The molecule has 0 aliphatic carbocycles. The maximum atomic E-state index is 12.6. The van der Waals surface area contributed by atoms with Crippen molar-refractivity contribution in [3.63, 3.8) is 0 Å². The molecular formula is C20H23Cl2N5O2. The zero-order valence-corrected chi connectivity index (χ0v) is 17.8. The Labute approximate surface area is 178 Å². The van der Waals surface area contributed by atoms with Crippen molar-refractivity contribution in [2.24, 2.45) is 0 Å². The van der Waals surface area contributed by atoms with Gasteiger partial charge in [-0.3, -0.25) is 9.59 Å². The molecule has 0 aliphatic rings. The number of anilines is 1. The minimum atomic E-state index is -0.199. The molecule has 3 rings (SSSR count).